The summed E-state index contributed by atoms with van der Waals surface area (Å²) in [5.74, 6) is 1.51. The zero-order valence-electron chi connectivity index (χ0n) is 13.8. The molecule has 0 heterocycles. The monoisotopic (exact) mass is 420 g/mol. The first-order valence-electron chi connectivity index (χ1n) is 6.79. The molecule has 0 aromatic heterocycles. The van der Waals surface area contributed by atoms with Crippen molar-refractivity contribution in [1.82, 2.24) is 9.80 Å². The minimum absolute atomic E-state index is 0. The predicted octanol–water partition coefficient (Wildman–Crippen LogP) is 2.12. The molecule has 0 aliphatic rings. The van der Waals surface area contributed by atoms with Crippen molar-refractivity contribution in [3.05, 3.63) is 24.3 Å². The highest BCUT2D eigenvalue weighted by Crippen LogP contribution is 2.17. The third-order valence-corrected chi connectivity index (χ3v) is 2.57. The number of hydrogen-bond donors (Lipinski definition) is 1. The summed E-state index contributed by atoms with van der Waals surface area (Å²) < 4.78 is 5.64. The van der Waals surface area contributed by atoms with Crippen LogP contribution in [-0.2, 0) is 4.79 Å². The highest BCUT2D eigenvalue weighted by Gasteiger charge is 2.03. The number of guanidine groups is 1. The SMILES string of the molecule is CC(=O)Nc1cccc(OCCN=C(N(C)C)N(C)C)c1.I. The summed E-state index contributed by atoms with van der Waals surface area (Å²) in [7, 11) is 7.82. The van der Waals surface area contributed by atoms with Gasteiger partial charge < -0.3 is 19.9 Å². The number of benzene rings is 1. The molecular weight excluding hydrogens is 395 g/mol. The van der Waals surface area contributed by atoms with Crippen LogP contribution in [0, 0.1) is 0 Å². The Kier molecular flexibility index (Phi) is 9.55. The molecule has 1 N–H and O–H groups in total. The first-order chi connectivity index (χ1) is 9.90. The molecule has 0 saturated carbocycles. The second-order valence-corrected chi connectivity index (χ2v) is 5.03. The summed E-state index contributed by atoms with van der Waals surface area (Å²) in [6, 6.07) is 7.31. The third kappa shape index (κ3) is 7.48. The van der Waals surface area contributed by atoms with Gasteiger partial charge in [-0.25, -0.2) is 4.99 Å². The molecule has 0 radical (unpaired) electrons. The van der Waals surface area contributed by atoms with Crippen LogP contribution in [0.5, 0.6) is 5.75 Å². The summed E-state index contributed by atoms with van der Waals surface area (Å²) in [6.07, 6.45) is 0. The summed E-state index contributed by atoms with van der Waals surface area (Å²) >= 11 is 0. The standard InChI is InChI=1S/C15H24N4O2.HI/c1-12(20)17-13-7-6-8-14(11-13)21-10-9-16-15(18(2)3)19(4)5;/h6-8,11H,9-10H2,1-5H3,(H,17,20);1H. The molecule has 1 aromatic carbocycles. The topological polar surface area (TPSA) is 57.2 Å². The molecule has 1 amide bonds. The van der Waals surface area contributed by atoms with Crippen LogP contribution in [0.3, 0.4) is 0 Å². The van der Waals surface area contributed by atoms with Crippen LogP contribution < -0.4 is 10.1 Å². The number of rotatable bonds is 5. The molecule has 0 spiro atoms. The maximum Gasteiger partial charge on any atom is 0.221 e. The zero-order chi connectivity index (χ0) is 15.8. The second kappa shape index (κ2) is 10.3. The van der Waals surface area contributed by atoms with Crippen molar-refractivity contribution in [3.63, 3.8) is 0 Å². The first-order valence-corrected chi connectivity index (χ1v) is 6.79. The van der Waals surface area contributed by atoms with Gasteiger partial charge >= 0.3 is 0 Å². The molecule has 0 aliphatic heterocycles. The van der Waals surface area contributed by atoms with E-state index in [9.17, 15) is 4.79 Å². The van der Waals surface area contributed by atoms with Crippen molar-refractivity contribution in [2.75, 3.05) is 46.7 Å². The number of ether oxygens (including phenoxy) is 1. The molecule has 0 aliphatic carbocycles. The fourth-order valence-corrected chi connectivity index (χ4v) is 1.86. The van der Waals surface area contributed by atoms with Crippen molar-refractivity contribution in [2.24, 2.45) is 4.99 Å². The fourth-order valence-electron chi connectivity index (χ4n) is 1.86. The Morgan fingerprint density at radius 3 is 2.41 bits per heavy atom. The zero-order valence-corrected chi connectivity index (χ0v) is 16.1. The largest absolute Gasteiger partial charge is 0.492 e. The van der Waals surface area contributed by atoms with Gasteiger partial charge in [-0.1, -0.05) is 6.07 Å². The summed E-state index contributed by atoms with van der Waals surface area (Å²) in [4.78, 5) is 19.4. The quantitative estimate of drug-likeness (QED) is 0.343. The lowest BCUT2D eigenvalue weighted by Crippen LogP contribution is -2.35. The van der Waals surface area contributed by atoms with Crippen molar-refractivity contribution >= 4 is 41.5 Å². The molecule has 0 saturated heterocycles. The van der Waals surface area contributed by atoms with Gasteiger partial charge in [-0.3, -0.25) is 4.79 Å². The van der Waals surface area contributed by atoms with Crippen LogP contribution in [-0.4, -0.2) is 63.0 Å². The van der Waals surface area contributed by atoms with E-state index in [2.05, 4.69) is 10.3 Å². The number of carbonyl (C=O) groups is 1. The summed E-state index contributed by atoms with van der Waals surface area (Å²) in [5, 5.41) is 2.72. The van der Waals surface area contributed by atoms with Gasteiger partial charge in [0.2, 0.25) is 5.91 Å². The lowest BCUT2D eigenvalue weighted by atomic mass is 10.3. The predicted molar refractivity (Wildman–Crippen MR) is 101 cm³/mol. The number of amides is 1. The van der Waals surface area contributed by atoms with Gasteiger partial charge in [0.15, 0.2) is 5.96 Å². The van der Waals surface area contributed by atoms with E-state index < -0.39 is 0 Å². The molecule has 124 valence electrons. The maximum atomic E-state index is 11.0. The van der Waals surface area contributed by atoms with Gasteiger partial charge in [0.1, 0.15) is 12.4 Å². The number of nitrogens with one attached hydrogen (secondary N) is 1. The average molecular weight is 420 g/mol. The Hall–Kier alpha value is -1.51. The van der Waals surface area contributed by atoms with Crippen molar-refractivity contribution in [1.29, 1.82) is 0 Å². The molecule has 7 heteroatoms. The minimum atomic E-state index is -0.0987. The number of anilines is 1. The van der Waals surface area contributed by atoms with E-state index >= 15 is 0 Å². The Morgan fingerprint density at radius 1 is 1.23 bits per heavy atom. The fraction of sp³-hybridized carbons (Fsp3) is 0.467. The Balaban J connectivity index is 0.00000441. The number of aliphatic imine (C=N–C) groups is 1. The van der Waals surface area contributed by atoms with Crippen molar-refractivity contribution in [2.45, 2.75) is 6.92 Å². The molecule has 22 heavy (non-hydrogen) atoms. The molecule has 0 fully saturated rings. The molecular formula is C15H25IN4O2. The Bertz CT molecular complexity index is 494. The molecule has 0 unspecified atom stereocenters. The Morgan fingerprint density at radius 2 is 1.86 bits per heavy atom. The average Bonchev–Trinajstić information content (AvgIpc) is 2.37. The molecule has 6 nitrogen and oxygen atoms in total. The molecule has 1 rings (SSSR count). The lowest BCUT2D eigenvalue weighted by molar-refractivity contribution is -0.114. The molecule has 1 aromatic rings. The van der Waals surface area contributed by atoms with Crippen LogP contribution in [0.1, 0.15) is 6.92 Å². The van der Waals surface area contributed by atoms with Gasteiger partial charge in [0, 0.05) is 46.9 Å². The van der Waals surface area contributed by atoms with E-state index in [4.69, 9.17) is 4.74 Å². The van der Waals surface area contributed by atoms with Gasteiger partial charge in [0.05, 0.1) is 6.54 Å². The van der Waals surface area contributed by atoms with E-state index in [0.717, 1.165) is 11.6 Å². The second-order valence-electron chi connectivity index (χ2n) is 5.03. The highest BCUT2D eigenvalue weighted by molar-refractivity contribution is 14.0. The van der Waals surface area contributed by atoms with Crippen LogP contribution in [0.4, 0.5) is 5.69 Å². The van der Waals surface area contributed by atoms with Crippen molar-refractivity contribution < 1.29 is 9.53 Å². The molecule has 0 bridgehead atoms. The molecule has 0 atom stereocenters. The number of halogens is 1. The number of carbonyl (C=O) groups excluding carboxylic acids is 1. The highest BCUT2D eigenvalue weighted by atomic mass is 127. The van der Waals surface area contributed by atoms with Gasteiger partial charge in [-0.15, -0.1) is 24.0 Å². The summed E-state index contributed by atoms with van der Waals surface area (Å²) in [5.41, 5.74) is 0.728. The smallest absolute Gasteiger partial charge is 0.221 e. The Labute approximate surface area is 149 Å². The minimum Gasteiger partial charge on any atom is -0.492 e. The maximum absolute atomic E-state index is 11.0. The van der Waals surface area contributed by atoms with E-state index in [0.29, 0.717) is 18.9 Å². The van der Waals surface area contributed by atoms with Crippen LogP contribution in [0.2, 0.25) is 0 Å². The van der Waals surface area contributed by atoms with Crippen LogP contribution in [0.15, 0.2) is 29.3 Å². The van der Waals surface area contributed by atoms with Gasteiger partial charge in [-0.2, -0.15) is 0 Å². The van der Waals surface area contributed by atoms with Gasteiger partial charge in [0.25, 0.3) is 0 Å². The van der Waals surface area contributed by atoms with E-state index in [1.165, 1.54) is 6.92 Å². The lowest BCUT2D eigenvalue weighted by Gasteiger charge is -2.22. The van der Waals surface area contributed by atoms with Crippen LogP contribution >= 0.6 is 24.0 Å². The van der Waals surface area contributed by atoms with E-state index in [1.807, 2.05) is 56.2 Å². The normalized spacial score (nSPS) is 9.32. The van der Waals surface area contributed by atoms with Crippen molar-refractivity contribution in [3.8, 4) is 5.75 Å². The summed E-state index contributed by atoms with van der Waals surface area (Å²) in [6.45, 7) is 2.52. The van der Waals surface area contributed by atoms with Gasteiger partial charge in [-0.05, 0) is 12.1 Å². The van der Waals surface area contributed by atoms with Crippen LogP contribution in [0.25, 0.3) is 0 Å². The number of hydrogen-bond acceptors (Lipinski definition) is 3. The first kappa shape index (κ1) is 20.5. The van der Waals surface area contributed by atoms with E-state index in [1.54, 1.807) is 6.07 Å². The number of nitrogens with zero attached hydrogens (tertiary/aromatic N) is 3. The third-order valence-electron chi connectivity index (χ3n) is 2.57. The van der Waals surface area contributed by atoms with E-state index in [-0.39, 0.29) is 29.9 Å².